The maximum atomic E-state index is 12.8. The van der Waals surface area contributed by atoms with Crippen molar-refractivity contribution < 1.29 is 28.2 Å². The molecule has 2 unspecified atom stereocenters. The first-order chi connectivity index (χ1) is 18.4. The highest BCUT2D eigenvalue weighted by atomic mass is 19.3. The molecule has 2 atom stereocenters. The number of carbonyl (C=O) groups is 2. The predicted octanol–water partition coefficient (Wildman–Crippen LogP) is 3.65. The van der Waals surface area contributed by atoms with Gasteiger partial charge in [0.25, 0.3) is 0 Å². The molecule has 1 aromatic heterocycles. The molecule has 3 aromatic rings. The Morgan fingerprint density at radius 3 is 2.34 bits per heavy atom. The van der Waals surface area contributed by atoms with E-state index in [-0.39, 0.29) is 36.6 Å². The van der Waals surface area contributed by atoms with Crippen LogP contribution in [0.5, 0.6) is 5.75 Å². The van der Waals surface area contributed by atoms with Gasteiger partial charge in [-0.15, -0.1) is 0 Å². The third-order valence-corrected chi connectivity index (χ3v) is 6.65. The lowest BCUT2D eigenvalue weighted by molar-refractivity contribution is -0.129. The molecule has 198 valence electrons. The number of nitrogens with one attached hydrogen (secondary N) is 2. The number of hydrogen-bond donors (Lipinski definition) is 3. The Morgan fingerprint density at radius 1 is 1.05 bits per heavy atom. The van der Waals surface area contributed by atoms with E-state index in [1.807, 2.05) is 0 Å². The molecule has 9 nitrogen and oxygen atoms in total. The topological polar surface area (TPSA) is 117 Å². The SMILES string of the molecule is O=C(NC(CO)c1ccc(Nc2ncc(-c3ccc(OC(F)F)cc3)cn2)cc1)C1CC(=O)N(C2CC2)C1. The van der Waals surface area contributed by atoms with Crippen LogP contribution in [0.1, 0.15) is 30.9 Å². The summed E-state index contributed by atoms with van der Waals surface area (Å²) in [5.41, 5.74) is 2.90. The summed E-state index contributed by atoms with van der Waals surface area (Å²) in [6.45, 7) is -2.71. The van der Waals surface area contributed by atoms with E-state index in [1.165, 1.54) is 12.1 Å². The Kier molecular flexibility index (Phi) is 7.45. The molecule has 1 saturated heterocycles. The lowest BCUT2D eigenvalue weighted by Gasteiger charge is -2.20. The van der Waals surface area contributed by atoms with Crippen molar-refractivity contribution in [2.75, 3.05) is 18.5 Å². The molecule has 0 spiro atoms. The molecule has 2 amide bonds. The maximum absolute atomic E-state index is 12.8. The first-order valence-corrected chi connectivity index (χ1v) is 12.3. The van der Waals surface area contributed by atoms with Crippen LogP contribution in [0.4, 0.5) is 20.4 Å². The number of aromatic nitrogens is 2. The number of rotatable bonds is 10. The first kappa shape index (κ1) is 25.5. The van der Waals surface area contributed by atoms with Crippen LogP contribution in [0.15, 0.2) is 60.9 Å². The van der Waals surface area contributed by atoms with Crippen molar-refractivity contribution in [3.63, 3.8) is 0 Å². The molecule has 11 heteroatoms. The van der Waals surface area contributed by atoms with Crippen LogP contribution in [0.3, 0.4) is 0 Å². The van der Waals surface area contributed by atoms with E-state index in [0.29, 0.717) is 23.7 Å². The highest BCUT2D eigenvalue weighted by Gasteiger charge is 2.42. The normalized spacial score (nSPS) is 17.9. The van der Waals surface area contributed by atoms with Gasteiger partial charge in [0.1, 0.15) is 5.75 Å². The van der Waals surface area contributed by atoms with Crippen LogP contribution in [0.25, 0.3) is 11.1 Å². The number of carbonyl (C=O) groups excluding carboxylic acids is 2. The third-order valence-electron chi connectivity index (χ3n) is 6.65. The van der Waals surface area contributed by atoms with E-state index in [9.17, 15) is 23.5 Å². The van der Waals surface area contributed by atoms with Crippen molar-refractivity contribution in [3.05, 3.63) is 66.5 Å². The molecule has 0 bridgehead atoms. The van der Waals surface area contributed by atoms with Gasteiger partial charge in [0.05, 0.1) is 18.6 Å². The Labute approximate surface area is 217 Å². The average molecular weight is 524 g/mol. The average Bonchev–Trinajstić information content (AvgIpc) is 3.69. The van der Waals surface area contributed by atoms with Crippen LogP contribution in [-0.2, 0) is 9.59 Å². The zero-order chi connectivity index (χ0) is 26.6. The van der Waals surface area contributed by atoms with Crippen LogP contribution in [0.2, 0.25) is 0 Å². The van der Waals surface area contributed by atoms with Crippen LogP contribution in [-0.4, -0.2) is 57.6 Å². The zero-order valence-electron chi connectivity index (χ0n) is 20.4. The number of aliphatic hydroxyl groups is 1. The molecule has 0 radical (unpaired) electrons. The number of alkyl halides is 2. The number of likely N-dealkylation sites (tertiary alicyclic amines) is 1. The second-order valence-electron chi connectivity index (χ2n) is 9.37. The Bertz CT molecular complexity index is 1270. The minimum atomic E-state index is -2.88. The monoisotopic (exact) mass is 523 g/mol. The van der Waals surface area contributed by atoms with Crippen LogP contribution in [0, 0.1) is 5.92 Å². The smallest absolute Gasteiger partial charge is 0.387 e. The minimum Gasteiger partial charge on any atom is -0.435 e. The fourth-order valence-electron chi connectivity index (χ4n) is 4.47. The standard InChI is InChI=1S/C27H27F2N5O4/c28-26(29)38-22-9-3-16(4-10-22)19-12-30-27(31-13-19)32-20-5-1-17(2-6-20)23(15-35)33-25(37)18-11-24(36)34(14-18)21-7-8-21/h1-6,9-10,12-13,18,21,23,26,35H,7-8,11,14-15H2,(H,33,37)(H,30,31,32). The second kappa shape index (κ2) is 11.1. The summed E-state index contributed by atoms with van der Waals surface area (Å²) in [4.78, 5) is 35.3. The number of anilines is 2. The summed E-state index contributed by atoms with van der Waals surface area (Å²) in [6, 6.07) is 13.0. The molecule has 2 heterocycles. The molecule has 38 heavy (non-hydrogen) atoms. The summed E-state index contributed by atoms with van der Waals surface area (Å²) in [5, 5.41) is 15.8. The Morgan fingerprint density at radius 2 is 1.74 bits per heavy atom. The number of benzene rings is 2. The van der Waals surface area contributed by atoms with E-state index in [4.69, 9.17) is 0 Å². The summed E-state index contributed by atoms with van der Waals surface area (Å²) in [6.07, 6.45) is 5.44. The lowest BCUT2D eigenvalue weighted by Crippen LogP contribution is -2.37. The Hall–Kier alpha value is -4.12. The largest absolute Gasteiger partial charge is 0.435 e. The molecule has 1 saturated carbocycles. The Balaban J connectivity index is 1.16. The highest BCUT2D eigenvalue weighted by Crippen LogP contribution is 2.33. The van der Waals surface area contributed by atoms with Crippen molar-refractivity contribution in [2.45, 2.75) is 38.0 Å². The first-order valence-electron chi connectivity index (χ1n) is 12.3. The quantitative estimate of drug-likeness (QED) is 0.371. The molecule has 1 aliphatic carbocycles. The van der Waals surface area contributed by atoms with Crippen molar-refractivity contribution in [3.8, 4) is 16.9 Å². The summed E-state index contributed by atoms with van der Waals surface area (Å²) in [5.74, 6) is -0.175. The molecule has 1 aliphatic heterocycles. The van der Waals surface area contributed by atoms with E-state index in [2.05, 4.69) is 25.3 Å². The number of hydrogen-bond acceptors (Lipinski definition) is 7. The highest BCUT2D eigenvalue weighted by molar-refractivity contribution is 5.89. The van der Waals surface area contributed by atoms with Crippen molar-refractivity contribution in [1.29, 1.82) is 0 Å². The fraction of sp³-hybridized carbons (Fsp3) is 0.333. The summed E-state index contributed by atoms with van der Waals surface area (Å²) >= 11 is 0. The van der Waals surface area contributed by atoms with Gasteiger partial charge < -0.3 is 25.4 Å². The number of halogens is 2. The zero-order valence-corrected chi connectivity index (χ0v) is 20.4. The van der Waals surface area contributed by atoms with Gasteiger partial charge in [-0.05, 0) is 48.2 Å². The summed E-state index contributed by atoms with van der Waals surface area (Å²) in [7, 11) is 0. The van der Waals surface area contributed by atoms with Gasteiger partial charge in [-0.3, -0.25) is 9.59 Å². The van der Waals surface area contributed by atoms with Gasteiger partial charge >= 0.3 is 6.61 Å². The van der Waals surface area contributed by atoms with Gasteiger partial charge in [0.15, 0.2) is 0 Å². The van der Waals surface area contributed by atoms with Crippen molar-refractivity contribution >= 4 is 23.5 Å². The van der Waals surface area contributed by atoms with Crippen molar-refractivity contribution in [1.82, 2.24) is 20.2 Å². The third kappa shape index (κ3) is 6.05. The van der Waals surface area contributed by atoms with Gasteiger partial charge in [-0.25, -0.2) is 9.97 Å². The maximum Gasteiger partial charge on any atom is 0.387 e. The molecule has 2 aromatic carbocycles. The minimum absolute atomic E-state index is 0.0243. The number of amides is 2. The fourth-order valence-corrected chi connectivity index (χ4v) is 4.47. The van der Waals surface area contributed by atoms with E-state index in [1.54, 1.807) is 53.7 Å². The van der Waals surface area contributed by atoms with Gasteiger partial charge in [-0.1, -0.05) is 24.3 Å². The van der Waals surface area contributed by atoms with Gasteiger partial charge in [0.2, 0.25) is 17.8 Å². The molecule has 2 aliphatic rings. The number of ether oxygens (including phenoxy) is 1. The second-order valence-corrected chi connectivity index (χ2v) is 9.37. The number of nitrogens with zero attached hydrogens (tertiary/aromatic N) is 3. The van der Waals surface area contributed by atoms with E-state index >= 15 is 0 Å². The van der Waals surface area contributed by atoms with Gasteiger partial charge in [0, 0.05) is 42.7 Å². The van der Waals surface area contributed by atoms with E-state index < -0.39 is 18.6 Å². The molecular weight excluding hydrogens is 496 g/mol. The summed E-state index contributed by atoms with van der Waals surface area (Å²) < 4.78 is 29.0. The molecule has 5 rings (SSSR count). The van der Waals surface area contributed by atoms with Gasteiger partial charge in [-0.2, -0.15) is 8.78 Å². The van der Waals surface area contributed by atoms with Crippen LogP contribution >= 0.6 is 0 Å². The molecular formula is C27H27F2N5O4. The molecule has 2 fully saturated rings. The lowest BCUT2D eigenvalue weighted by atomic mass is 10.0. The van der Waals surface area contributed by atoms with Crippen LogP contribution < -0.4 is 15.4 Å². The van der Waals surface area contributed by atoms with Crippen molar-refractivity contribution in [2.24, 2.45) is 5.92 Å². The van der Waals surface area contributed by atoms with E-state index in [0.717, 1.165) is 24.0 Å². The number of aliphatic hydroxyl groups excluding tert-OH is 1. The molecule has 3 N–H and O–H groups in total. The predicted molar refractivity (Wildman–Crippen MR) is 135 cm³/mol.